The van der Waals surface area contributed by atoms with Crippen LogP contribution < -0.4 is 5.32 Å². The third-order valence-electron chi connectivity index (χ3n) is 4.90. The summed E-state index contributed by atoms with van der Waals surface area (Å²) in [7, 11) is 0. The number of fused-ring (bicyclic) bond motifs is 1. The Bertz CT molecular complexity index is 1350. The number of rotatable bonds is 5. The number of nitrogens with one attached hydrogen (secondary N) is 1. The number of pyridine rings is 1. The lowest BCUT2D eigenvalue weighted by atomic mass is 10.2. The quantitative estimate of drug-likeness (QED) is 0.357. The van der Waals surface area contributed by atoms with E-state index >= 15 is 0 Å². The summed E-state index contributed by atoms with van der Waals surface area (Å²) in [6, 6.07) is 31.6. The molecule has 0 saturated carbocycles. The number of para-hydroxylation sites is 1. The molecule has 31 heavy (non-hydrogen) atoms. The molecular formula is C26H19N3OS. The molecule has 0 unspecified atom stereocenters. The van der Waals surface area contributed by atoms with Crippen molar-refractivity contribution in [1.82, 2.24) is 9.38 Å². The van der Waals surface area contributed by atoms with Crippen LogP contribution in [0.3, 0.4) is 0 Å². The van der Waals surface area contributed by atoms with Gasteiger partial charge in [-0.3, -0.25) is 4.79 Å². The second-order valence-electron chi connectivity index (χ2n) is 7.04. The molecule has 0 bridgehead atoms. The highest BCUT2D eigenvalue weighted by Crippen LogP contribution is 2.33. The summed E-state index contributed by atoms with van der Waals surface area (Å²) in [6.45, 7) is 0. The molecule has 5 aromatic rings. The van der Waals surface area contributed by atoms with Crippen LogP contribution in [0.25, 0.3) is 16.9 Å². The van der Waals surface area contributed by atoms with E-state index in [1.807, 2.05) is 102 Å². The van der Waals surface area contributed by atoms with Crippen LogP contribution in [0.15, 0.2) is 119 Å². The molecule has 3 aromatic carbocycles. The summed E-state index contributed by atoms with van der Waals surface area (Å²) in [4.78, 5) is 19.8. The van der Waals surface area contributed by atoms with Gasteiger partial charge in [0.05, 0.1) is 11.4 Å². The molecule has 5 heteroatoms. The van der Waals surface area contributed by atoms with Gasteiger partial charge in [0.25, 0.3) is 5.91 Å². The summed E-state index contributed by atoms with van der Waals surface area (Å²) in [5.41, 5.74) is 4.01. The van der Waals surface area contributed by atoms with Gasteiger partial charge in [0, 0.05) is 33.3 Å². The van der Waals surface area contributed by atoms with E-state index in [1.165, 1.54) is 0 Å². The number of benzene rings is 3. The lowest BCUT2D eigenvalue weighted by molar-refractivity contribution is 0.102. The van der Waals surface area contributed by atoms with Crippen molar-refractivity contribution in [2.45, 2.75) is 9.79 Å². The van der Waals surface area contributed by atoms with E-state index in [0.29, 0.717) is 5.56 Å². The van der Waals surface area contributed by atoms with Gasteiger partial charge in [0.2, 0.25) is 0 Å². The summed E-state index contributed by atoms with van der Waals surface area (Å²) >= 11 is 1.62. The zero-order valence-electron chi connectivity index (χ0n) is 16.6. The zero-order valence-corrected chi connectivity index (χ0v) is 17.4. The first kappa shape index (κ1) is 19.2. The second kappa shape index (κ2) is 8.50. The Morgan fingerprint density at radius 2 is 1.55 bits per heavy atom. The highest BCUT2D eigenvalue weighted by Gasteiger charge is 2.12. The van der Waals surface area contributed by atoms with Crippen LogP contribution in [-0.4, -0.2) is 15.3 Å². The van der Waals surface area contributed by atoms with E-state index < -0.39 is 0 Å². The van der Waals surface area contributed by atoms with Crippen LogP contribution in [-0.2, 0) is 0 Å². The van der Waals surface area contributed by atoms with Crippen molar-refractivity contribution in [2.24, 2.45) is 0 Å². The van der Waals surface area contributed by atoms with E-state index in [-0.39, 0.29) is 5.91 Å². The number of aromatic nitrogens is 2. The smallest absolute Gasteiger partial charge is 0.255 e. The first-order valence-electron chi connectivity index (χ1n) is 9.94. The Hall–Kier alpha value is -3.83. The van der Waals surface area contributed by atoms with Crippen molar-refractivity contribution in [3.63, 3.8) is 0 Å². The van der Waals surface area contributed by atoms with E-state index in [9.17, 15) is 4.79 Å². The van der Waals surface area contributed by atoms with E-state index in [0.717, 1.165) is 32.4 Å². The maximum atomic E-state index is 13.0. The molecule has 150 valence electrons. The summed E-state index contributed by atoms with van der Waals surface area (Å²) < 4.78 is 1.93. The van der Waals surface area contributed by atoms with Gasteiger partial charge in [-0.1, -0.05) is 72.4 Å². The highest BCUT2D eigenvalue weighted by molar-refractivity contribution is 7.99. The molecule has 0 atom stereocenters. The fourth-order valence-electron chi connectivity index (χ4n) is 3.34. The van der Waals surface area contributed by atoms with Gasteiger partial charge < -0.3 is 9.72 Å². The SMILES string of the molecule is O=C(Nc1ccccc1Sc1ccccc1)c1ccn2cc(-c3ccccc3)nc2c1. The highest BCUT2D eigenvalue weighted by atomic mass is 32.2. The van der Waals surface area contributed by atoms with Gasteiger partial charge in [-0.2, -0.15) is 0 Å². The molecule has 0 aliphatic rings. The molecule has 0 spiro atoms. The molecule has 0 saturated heterocycles. The predicted octanol–water partition coefficient (Wildman–Crippen LogP) is 6.40. The summed E-state index contributed by atoms with van der Waals surface area (Å²) in [5.74, 6) is -0.159. The summed E-state index contributed by atoms with van der Waals surface area (Å²) in [5, 5.41) is 3.05. The normalized spacial score (nSPS) is 10.8. The maximum absolute atomic E-state index is 13.0. The fraction of sp³-hybridized carbons (Fsp3) is 0. The molecule has 0 aliphatic heterocycles. The average molecular weight is 422 g/mol. The topological polar surface area (TPSA) is 46.4 Å². The molecule has 1 N–H and O–H groups in total. The van der Waals surface area contributed by atoms with E-state index in [1.54, 1.807) is 11.8 Å². The first-order valence-corrected chi connectivity index (χ1v) is 10.8. The lowest BCUT2D eigenvalue weighted by Gasteiger charge is -2.11. The number of carbonyl (C=O) groups excluding carboxylic acids is 1. The Morgan fingerprint density at radius 3 is 2.35 bits per heavy atom. The Kier molecular flexibility index (Phi) is 5.25. The van der Waals surface area contributed by atoms with Crippen molar-refractivity contribution >= 4 is 29.0 Å². The molecule has 1 amide bonds. The lowest BCUT2D eigenvalue weighted by Crippen LogP contribution is -2.12. The monoisotopic (exact) mass is 421 g/mol. The molecule has 0 fully saturated rings. The van der Waals surface area contributed by atoms with Gasteiger partial charge in [-0.25, -0.2) is 4.98 Å². The second-order valence-corrected chi connectivity index (χ2v) is 8.15. The molecule has 0 aliphatic carbocycles. The largest absolute Gasteiger partial charge is 0.321 e. The van der Waals surface area contributed by atoms with Crippen molar-refractivity contribution in [3.05, 3.63) is 115 Å². The third-order valence-corrected chi connectivity index (χ3v) is 5.98. The van der Waals surface area contributed by atoms with Crippen molar-refractivity contribution in [1.29, 1.82) is 0 Å². The Morgan fingerprint density at radius 1 is 0.839 bits per heavy atom. The van der Waals surface area contributed by atoms with Crippen LogP contribution in [0.1, 0.15) is 10.4 Å². The van der Waals surface area contributed by atoms with E-state index in [2.05, 4.69) is 22.4 Å². The van der Waals surface area contributed by atoms with Gasteiger partial charge >= 0.3 is 0 Å². The minimum Gasteiger partial charge on any atom is -0.321 e. The molecule has 5 rings (SSSR count). The number of hydrogen-bond acceptors (Lipinski definition) is 3. The van der Waals surface area contributed by atoms with E-state index in [4.69, 9.17) is 0 Å². The predicted molar refractivity (Wildman–Crippen MR) is 126 cm³/mol. The minimum atomic E-state index is -0.159. The Labute approximate surface area is 184 Å². The molecule has 4 nitrogen and oxygen atoms in total. The number of hydrogen-bond donors (Lipinski definition) is 1. The van der Waals surface area contributed by atoms with Gasteiger partial charge in [-0.15, -0.1) is 0 Å². The molecule has 2 heterocycles. The minimum absolute atomic E-state index is 0.159. The first-order chi connectivity index (χ1) is 15.3. The van der Waals surface area contributed by atoms with Crippen molar-refractivity contribution < 1.29 is 4.79 Å². The number of anilines is 1. The third kappa shape index (κ3) is 4.22. The standard InChI is InChI=1S/C26H19N3OS/c30-26(28-22-13-7-8-14-24(22)31-21-11-5-2-6-12-21)20-15-16-29-18-23(27-25(29)17-20)19-9-3-1-4-10-19/h1-18H,(H,28,30). The van der Waals surface area contributed by atoms with Crippen molar-refractivity contribution in [2.75, 3.05) is 5.32 Å². The number of imidazole rings is 1. The number of amides is 1. The molecule has 0 radical (unpaired) electrons. The van der Waals surface area contributed by atoms with Gasteiger partial charge in [-0.05, 0) is 36.4 Å². The van der Waals surface area contributed by atoms with Crippen LogP contribution in [0.5, 0.6) is 0 Å². The number of nitrogens with zero attached hydrogens (tertiary/aromatic N) is 2. The average Bonchev–Trinajstić information content (AvgIpc) is 3.25. The van der Waals surface area contributed by atoms with Crippen molar-refractivity contribution in [3.8, 4) is 11.3 Å². The van der Waals surface area contributed by atoms with Crippen LogP contribution in [0, 0.1) is 0 Å². The fourth-order valence-corrected chi connectivity index (χ4v) is 4.26. The van der Waals surface area contributed by atoms with Crippen LogP contribution in [0.2, 0.25) is 0 Å². The van der Waals surface area contributed by atoms with Gasteiger partial charge in [0.1, 0.15) is 5.65 Å². The van der Waals surface area contributed by atoms with Crippen LogP contribution >= 0.6 is 11.8 Å². The molecule has 2 aromatic heterocycles. The van der Waals surface area contributed by atoms with Gasteiger partial charge in [0.15, 0.2) is 0 Å². The zero-order chi connectivity index (χ0) is 21.0. The Balaban J connectivity index is 1.40. The number of carbonyl (C=O) groups is 1. The summed E-state index contributed by atoms with van der Waals surface area (Å²) in [6.07, 6.45) is 3.84. The maximum Gasteiger partial charge on any atom is 0.255 e. The van der Waals surface area contributed by atoms with Crippen LogP contribution in [0.4, 0.5) is 5.69 Å². The molecular weight excluding hydrogens is 402 g/mol.